The van der Waals surface area contributed by atoms with Gasteiger partial charge in [0.1, 0.15) is 0 Å². The van der Waals surface area contributed by atoms with Crippen LogP contribution in [0.4, 0.5) is 0 Å². The van der Waals surface area contributed by atoms with Gasteiger partial charge in [-0.05, 0) is 18.1 Å². The molecule has 1 rings (SSSR count). The van der Waals surface area contributed by atoms with Crippen LogP contribution in [0.5, 0.6) is 0 Å². The molecule has 0 N–H and O–H groups in total. The fraction of sp³-hybridized carbons (Fsp3) is 0.500. The summed E-state index contributed by atoms with van der Waals surface area (Å²) >= 11 is 0. The van der Waals surface area contributed by atoms with Crippen molar-refractivity contribution in [1.29, 1.82) is 0 Å². The van der Waals surface area contributed by atoms with Crippen LogP contribution in [-0.4, -0.2) is 18.3 Å². The molecule has 0 aliphatic carbocycles. The van der Waals surface area contributed by atoms with Crippen LogP contribution >= 0.6 is 0 Å². The molecule has 2 nitrogen and oxygen atoms in total. The van der Waals surface area contributed by atoms with Gasteiger partial charge in [-0.25, -0.2) is 0 Å². The molecular weight excluding hydrogens is 126 g/mol. The van der Waals surface area contributed by atoms with Gasteiger partial charge in [0.05, 0.1) is 6.61 Å². The van der Waals surface area contributed by atoms with Crippen LogP contribution in [-0.2, 0) is 18.2 Å². The second-order valence-electron chi connectivity index (χ2n) is 2.43. The molecule has 0 amide bonds. The normalized spacial score (nSPS) is 10.2. The van der Waals surface area contributed by atoms with Gasteiger partial charge in [0.25, 0.3) is 0 Å². The Balaban J connectivity index is 2.42. The zero-order valence-electron chi connectivity index (χ0n) is 6.50. The summed E-state index contributed by atoms with van der Waals surface area (Å²) in [6.45, 7) is 0.810. The molecule has 0 bridgehead atoms. The molecule has 0 saturated carbocycles. The van der Waals surface area contributed by atoms with E-state index in [2.05, 4.69) is 12.3 Å². The van der Waals surface area contributed by atoms with E-state index in [4.69, 9.17) is 4.74 Å². The molecule has 10 heavy (non-hydrogen) atoms. The Morgan fingerprint density at radius 2 is 2.40 bits per heavy atom. The third-order valence-corrected chi connectivity index (χ3v) is 1.49. The highest BCUT2D eigenvalue weighted by Crippen LogP contribution is 1.99. The average Bonchev–Trinajstić information content (AvgIpc) is 2.31. The SMILES string of the molecule is COCCc1ccn(C)c1. The number of ether oxygens (including phenoxy) is 1. The quantitative estimate of drug-likeness (QED) is 0.614. The molecule has 2 heteroatoms. The Kier molecular flexibility index (Phi) is 2.51. The first-order valence-electron chi connectivity index (χ1n) is 3.42. The van der Waals surface area contributed by atoms with Crippen LogP contribution in [0.15, 0.2) is 18.5 Å². The number of aryl methyl sites for hydroxylation is 1. The first-order valence-corrected chi connectivity index (χ1v) is 3.42. The van der Waals surface area contributed by atoms with Gasteiger partial charge in [-0.3, -0.25) is 0 Å². The van der Waals surface area contributed by atoms with E-state index in [1.54, 1.807) is 7.11 Å². The van der Waals surface area contributed by atoms with Crippen molar-refractivity contribution in [2.75, 3.05) is 13.7 Å². The maximum Gasteiger partial charge on any atom is 0.0503 e. The van der Waals surface area contributed by atoms with Crippen molar-refractivity contribution in [3.63, 3.8) is 0 Å². The lowest BCUT2D eigenvalue weighted by molar-refractivity contribution is 0.202. The Bertz CT molecular complexity index is 193. The second kappa shape index (κ2) is 3.42. The predicted molar refractivity (Wildman–Crippen MR) is 41.0 cm³/mol. The molecule has 0 spiro atoms. The average molecular weight is 139 g/mol. The molecule has 0 aliphatic rings. The first-order chi connectivity index (χ1) is 4.83. The van der Waals surface area contributed by atoms with Gasteiger partial charge in [0.15, 0.2) is 0 Å². The Labute approximate surface area is 61.4 Å². The molecule has 0 fully saturated rings. The van der Waals surface area contributed by atoms with E-state index in [0.717, 1.165) is 13.0 Å². The molecule has 0 aliphatic heterocycles. The Morgan fingerprint density at radius 3 is 2.90 bits per heavy atom. The predicted octanol–water partition coefficient (Wildman–Crippen LogP) is 1.21. The third-order valence-electron chi connectivity index (χ3n) is 1.49. The number of aromatic nitrogens is 1. The topological polar surface area (TPSA) is 14.2 Å². The van der Waals surface area contributed by atoms with Gasteiger partial charge in [0.2, 0.25) is 0 Å². The summed E-state index contributed by atoms with van der Waals surface area (Å²) in [6.07, 6.45) is 5.17. The minimum atomic E-state index is 0.810. The van der Waals surface area contributed by atoms with Crippen LogP contribution in [0, 0.1) is 0 Å². The molecule has 1 aromatic rings. The highest BCUT2D eigenvalue weighted by Gasteiger charge is 1.91. The van der Waals surface area contributed by atoms with Crippen molar-refractivity contribution in [3.05, 3.63) is 24.0 Å². The monoisotopic (exact) mass is 139 g/mol. The van der Waals surface area contributed by atoms with Crippen molar-refractivity contribution >= 4 is 0 Å². The molecule has 0 atom stereocenters. The Hall–Kier alpha value is -0.760. The molecule has 1 heterocycles. The van der Waals surface area contributed by atoms with E-state index in [0.29, 0.717) is 0 Å². The number of rotatable bonds is 3. The molecule has 0 saturated heterocycles. The summed E-state index contributed by atoms with van der Waals surface area (Å²) < 4.78 is 6.99. The van der Waals surface area contributed by atoms with Gasteiger partial charge < -0.3 is 9.30 Å². The van der Waals surface area contributed by atoms with Crippen molar-refractivity contribution < 1.29 is 4.74 Å². The molecular formula is C8H13NO. The summed E-state index contributed by atoms with van der Waals surface area (Å²) in [5.41, 5.74) is 1.34. The van der Waals surface area contributed by atoms with Crippen molar-refractivity contribution in [2.24, 2.45) is 7.05 Å². The summed E-state index contributed by atoms with van der Waals surface area (Å²) in [7, 11) is 3.75. The smallest absolute Gasteiger partial charge is 0.0503 e. The van der Waals surface area contributed by atoms with Gasteiger partial charge >= 0.3 is 0 Å². The fourth-order valence-corrected chi connectivity index (χ4v) is 0.929. The number of nitrogens with zero attached hydrogens (tertiary/aromatic N) is 1. The molecule has 1 aromatic heterocycles. The van der Waals surface area contributed by atoms with Crippen LogP contribution < -0.4 is 0 Å². The van der Waals surface area contributed by atoms with Gasteiger partial charge in [-0.15, -0.1) is 0 Å². The summed E-state index contributed by atoms with van der Waals surface area (Å²) in [5, 5.41) is 0. The maximum absolute atomic E-state index is 4.95. The zero-order valence-corrected chi connectivity index (χ0v) is 6.50. The van der Waals surface area contributed by atoms with Crippen molar-refractivity contribution in [1.82, 2.24) is 4.57 Å². The number of hydrogen-bond donors (Lipinski definition) is 0. The highest BCUT2D eigenvalue weighted by molar-refractivity contribution is 5.09. The van der Waals surface area contributed by atoms with E-state index in [1.165, 1.54) is 5.56 Å². The van der Waals surface area contributed by atoms with Crippen molar-refractivity contribution in [3.8, 4) is 0 Å². The fourth-order valence-electron chi connectivity index (χ4n) is 0.929. The lowest BCUT2D eigenvalue weighted by Gasteiger charge is -1.93. The summed E-state index contributed by atoms with van der Waals surface area (Å²) in [4.78, 5) is 0. The largest absolute Gasteiger partial charge is 0.384 e. The minimum Gasteiger partial charge on any atom is -0.384 e. The van der Waals surface area contributed by atoms with Crippen LogP contribution in [0.25, 0.3) is 0 Å². The van der Waals surface area contributed by atoms with E-state index >= 15 is 0 Å². The standard InChI is InChI=1S/C8H13NO/c1-9-5-3-8(7-9)4-6-10-2/h3,5,7H,4,6H2,1-2H3. The maximum atomic E-state index is 4.95. The highest BCUT2D eigenvalue weighted by atomic mass is 16.5. The lowest BCUT2D eigenvalue weighted by Crippen LogP contribution is -1.92. The first kappa shape index (κ1) is 7.35. The second-order valence-corrected chi connectivity index (χ2v) is 2.43. The lowest BCUT2D eigenvalue weighted by atomic mass is 10.3. The zero-order chi connectivity index (χ0) is 7.40. The molecule has 0 radical (unpaired) electrons. The summed E-state index contributed by atoms with van der Waals surface area (Å²) in [5.74, 6) is 0. The number of hydrogen-bond acceptors (Lipinski definition) is 1. The van der Waals surface area contributed by atoms with Gasteiger partial charge in [0, 0.05) is 26.6 Å². The third kappa shape index (κ3) is 1.88. The van der Waals surface area contributed by atoms with E-state index < -0.39 is 0 Å². The molecule has 0 unspecified atom stereocenters. The number of methoxy groups -OCH3 is 1. The van der Waals surface area contributed by atoms with Crippen molar-refractivity contribution in [2.45, 2.75) is 6.42 Å². The van der Waals surface area contributed by atoms with Crippen LogP contribution in [0.2, 0.25) is 0 Å². The van der Waals surface area contributed by atoms with Gasteiger partial charge in [-0.1, -0.05) is 0 Å². The molecule has 56 valence electrons. The van der Waals surface area contributed by atoms with Gasteiger partial charge in [-0.2, -0.15) is 0 Å². The van der Waals surface area contributed by atoms with E-state index in [-0.39, 0.29) is 0 Å². The minimum absolute atomic E-state index is 0.810. The van der Waals surface area contributed by atoms with Crippen LogP contribution in [0.1, 0.15) is 5.56 Å². The summed E-state index contributed by atoms with van der Waals surface area (Å²) in [6, 6.07) is 2.11. The molecule has 0 aromatic carbocycles. The van der Waals surface area contributed by atoms with Crippen LogP contribution in [0.3, 0.4) is 0 Å². The van der Waals surface area contributed by atoms with E-state index in [1.807, 2.05) is 17.8 Å². The Morgan fingerprint density at radius 1 is 1.60 bits per heavy atom. The van der Waals surface area contributed by atoms with E-state index in [9.17, 15) is 0 Å².